The number of nitro benzene ring substituents is 1. The normalized spacial score (nSPS) is 13.7. The van der Waals surface area contributed by atoms with Gasteiger partial charge < -0.3 is 5.32 Å². The molecule has 0 fully saturated rings. The van der Waals surface area contributed by atoms with E-state index in [1.807, 2.05) is 0 Å². The van der Waals surface area contributed by atoms with E-state index in [2.05, 4.69) is 5.32 Å². The third-order valence-corrected chi connectivity index (χ3v) is 4.63. The summed E-state index contributed by atoms with van der Waals surface area (Å²) in [5.74, 6) is -2.52. The Morgan fingerprint density at radius 3 is 2.13 bits per heavy atom. The van der Waals surface area contributed by atoms with Gasteiger partial charge in [-0.3, -0.25) is 19.7 Å². The molecule has 4 rings (SSSR count). The number of nitro groups is 1. The maximum absolute atomic E-state index is 13.6. The van der Waals surface area contributed by atoms with Gasteiger partial charge in [-0.05, 0) is 60.2 Å². The number of carbonyl (C=O) groups excluding carboxylic acids is 2. The molecule has 31 heavy (non-hydrogen) atoms. The number of halogens is 2. The third kappa shape index (κ3) is 3.76. The molecule has 2 amide bonds. The van der Waals surface area contributed by atoms with Crippen LogP contribution in [-0.4, -0.2) is 16.7 Å². The minimum absolute atomic E-state index is 0.0477. The molecule has 3 aromatic rings. The molecule has 0 radical (unpaired) electrons. The van der Waals surface area contributed by atoms with E-state index in [-0.39, 0.29) is 33.9 Å². The van der Waals surface area contributed by atoms with Gasteiger partial charge in [0.25, 0.3) is 17.5 Å². The maximum Gasteiger partial charge on any atom is 0.282 e. The SMILES string of the molecule is O=C1C(Nc2cccc(F)c2)=C(c2ccc([N+](=O)[O-])cc2)C(=O)N1c1ccc(F)cc1. The standard InChI is InChI=1S/C22H13F2N3O4/c23-14-6-10-17(11-7-14)26-21(28)19(13-4-8-18(9-5-13)27(30)31)20(22(26)29)25-16-3-1-2-15(24)12-16/h1-12,25H. The second kappa shape index (κ2) is 7.79. The Labute approximate surface area is 174 Å². The first-order chi connectivity index (χ1) is 14.8. The molecule has 9 heteroatoms. The zero-order chi connectivity index (χ0) is 22.1. The fourth-order valence-electron chi connectivity index (χ4n) is 3.20. The molecule has 154 valence electrons. The topological polar surface area (TPSA) is 92.5 Å². The Morgan fingerprint density at radius 1 is 0.839 bits per heavy atom. The number of non-ortho nitro benzene ring substituents is 1. The van der Waals surface area contributed by atoms with Crippen molar-refractivity contribution < 1.29 is 23.3 Å². The summed E-state index contributed by atoms with van der Waals surface area (Å²) in [5.41, 5.74) is 0.272. The summed E-state index contributed by atoms with van der Waals surface area (Å²) >= 11 is 0. The molecule has 1 heterocycles. The van der Waals surface area contributed by atoms with Gasteiger partial charge in [-0.2, -0.15) is 0 Å². The summed E-state index contributed by atoms with van der Waals surface area (Å²) < 4.78 is 26.9. The zero-order valence-electron chi connectivity index (χ0n) is 15.7. The molecule has 0 unspecified atom stereocenters. The average molecular weight is 421 g/mol. The van der Waals surface area contributed by atoms with Gasteiger partial charge in [0.1, 0.15) is 17.3 Å². The number of rotatable bonds is 5. The molecule has 0 saturated heterocycles. The summed E-state index contributed by atoms with van der Waals surface area (Å²) in [5, 5.41) is 13.7. The van der Waals surface area contributed by atoms with E-state index < -0.39 is 28.4 Å². The highest BCUT2D eigenvalue weighted by Gasteiger charge is 2.40. The lowest BCUT2D eigenvalue weighted by Crippen LogP contribution is -2.32. The van der Waals surface area contributed by atoms with Crippen molar-refractivity contribution in [2.24, 2.45) is 0 Å². The first kappa shape index (κ1) is 19.9. The summed E-state index contributed by atoms with van der Waals surface area (Å²) in [6.07, 6.45) is 0. The molecule has 1 aliphatic rings. The first-order valence-electron chi connectivity index (χ1n) is 9.01. The van der Waals surface area contributed by atoms with Crippen molar-refractivity contribution in [3.05, 3.63) is 106 Å². The largest absolute Gasteiger partial charge is 0.350 e. The van der Waals surface area contributed by atoms with Gasteiger partial charge in [-0.25, -0.2) is 13.7 Å². The number of anilines is 2. The van der Waals surface area contributed by atoms with Crippen LogP contribution in [0.4, 0.5) is 25.8 Å². The molecule has 3 aromatic carbocycles. The summed E-state index contributed by atoms with van der Waals surface area (Å²) in [6.45, 7) is 0. The lowest BCUT2D eigenvalue weighted by atomic mass is 10.0. The van der Waals surface area contributed by atoms with Gasteiger partial charge in [-0.15, -0.1) is 0 Å². The number of nitrogens with zero attached hydrogens (tertiary/aromatic N) is 2. The van der Waals surface area contributed by atoms with Crippen LogP contribution < -0.4 is 10.2 Å². The van der Waals surface area contributed by atoms with Gasteiger partial charge in [-0.1, -0.05) is 6.07 Å². The lowest BCUT2D eigenvalue weighted by molar-refractivity contribution is -0.384. The minimum atomic E-state index is -0.728. The molecular weight excluding hydrogens is 408 g/mol. The fourth-order valence-corrected chi connectivity index (χ4v) is 3.20. The molecule has 1 aliphatic heterocycles. The van der Waals surface area contributed by atoms with E-state index in [0.717, 1.165) is 23.1 Å². The highest BCUT2D eigenvalue weighted by molar-refractivity contribution is 6.46. The van der Waals surface area contributed by atoms with Crippen molar-refractivity contribution in [3.8, 4) is 0 Å². The van der Waals surface area contributed by atoms with Crippen molar-refractivity contribution in [2.75, 3.05) is 10.2 Å². The van der Waals surface area contributed by atoms with Crippen LogP contribution in [0.1, 0.15) is 5.56 Å². The zero-order valence-corrected chi connectivity index (χ0v) is 15.7. The highest BCUT2D eigenvalue weighted by atomic mass is 19.1. The number of hydrogen-bond donors (Lipinski definition) is 1. The molecule has 0 bridgehead atoms. The monoisotopic (exact) mass is 421 g/mol. The van der Waals surface area contributed by atoms with Crippen molar-refractivity contribution in [2.45, 2.75) is 0 Å². The van der Waals surface area contributed by atoms with Crippen LogP contribution in [0.5, 0.6) is 0 Å². The van der Waals surface area contributed by atoms with Crippen LogP contribution in [0.15, 0.2) is 78.5 Å². The van der Waals surface area contributed by atoms with E-state index in [1.165, 1.54) is 54.6 Å². The van der Waals surface area contributed by atoms with Crippen molar-refractivity contribution in [3.63, 3.8) is 0 Å². The Bertz CT molecular complexity index is 1240. The second-order valence-corrected chi connectivity index (χ2v) is 6.61. The first-order valence-corrected chi connectivity index (χ1v) is 9.01. The van der Waals surface area contributed by atoms with Gasteiger partial charge in [0.2, 0.25) is 0 Å². The van der Waals surface area contributed by atoms with Crippen LogP contribution in [0.2, 0.25) is 0 Å². The highest BCUT2D eigenvalue weighted by Crippen LogP contribution is 2.34. The van der Waals surface area contributed by atoms with Crippen molar-refractivity contribution >= 4 is 34.4 Å². The summed E-state index contributed by atoms with van der Waals surface area (Å²) in [7, 11) is 0. The van der Waals surface area contributed by atoms with Crippen LogP contribution >= 0.6 is 0 Å². The lowest BCUT2D eigenvalue weighted by Gasteiger charge is -2.15. The molecule has 7 nitrogen and oxygen atoms in total. The van der Waals surface area contributed by atoms with Crippen LogP contribution in [-0.2, 0) is 9.59 Å². The second-order valence-electron chi connectivity index (χ2n) is 6.61. The predicted molar refractivity (Wildman–Crippen MR) is 109 cm³/mol. The number of imide groups is 1. The number of amides is 2. The van der Waals surface area contributed by atoms with E-state index >= 15 is 0 Å². The number of benzene rings is 3. The van der Waals surface area contributed by atoms with Crippen LogP contribution in [0.25, 0.3) is 5.57 Å². The molecular formula is C22H13F2N3O4. The van der Waals surface area contributed by atoms with Gasteiger partial charge in [0, 0.05) is 17.8 Å². The Balaban J connectivity index is 1.82. The van der Waals surface area contributed by atoms with E-state index in [1.54, 1.807) is 0 Å². The number of nitrogens with one attached hydrogen (secondary N) is 1. The Morgan fingerprint density at radius 2 is 1.52 bits per heavy atom. The van der Waals surface area contributed by atoms with Gasteiger partial charge in [0.05, 0.1) is 16.2 Å². The Kier molecular flexibility index (Phi) is 5.00. The van der Waals surface area contributed by atoms with E-state index in [9.17, 15) is 28.5 Å². The van der Waals surface area contributed by atoms with Gasteiger partial charge in [0.15, 0.2) is 0 Å². The predicted octanol–water partition coefficient (Wildman–Crippen LogP) is 4.27. The number of hydrogen-bond acceptors (Lipinski definition) is 5. The average Bonchev–Trinajstić information content (AvgIpc) is 2.98. The minimum Gasteiger partial charge on any atom is -0.350 e. The number of carbonyl (C=O) groups is 2. The quantitative estimate of drug-likeness (QED) is 0.377. The summed E-state index contributed by atoms with van der Waals surface area (Å²) in [4.78, 5) is 37.5. The third-order valence-electron chi connectivity index (χ3n) is 4.63. The van der Waals surface area contributed by atoms with E-state index in [0.29, 0.717) is 0 Å². The molecule has 0 spiro atoms. The Hall–Kier alpha value is -4.40. The summed E-state index contributed by atoms with van der Waals surface area (Å²) in [6, 6.07) is 15.2. The molecule has 1 N–H and O–H groups in total. The fraction of sp³-hybridized carbons (Fsp3) is 0. The van der Waals surface area contributed by atoms with Crippen molar-refractivity contribution in [1.29, 1.82) is 0 Å². The smallest absolute Gasteiger partial charge is 0.282 e. The van der Waals surface area contributed by atoms with Crippen molar-refractivity contribution in [1.82, 2.24) is 0 Å². The maximum atomic E-state index is 13.6. The van der Waals surface area contributed by atoms with Crippen LogP contribution in [0.3, 0.4) is 0 Å². The molecule has 0 aromatic heterocycles. The van der Waals surface area contributed by atoms with E-state index in [4.69, 9.17) is 0 Å². The molecule has 0 atom stereocenters. The molecule has 0 aliphatic carbocycles. The molecule has 0 saturated carbocycles. The van der Waals surface area contributed by atoms with Crippen LogP contribution in [0, 0.1) is 21.7 Å². The van der Waals surface area contributed by atoms with Gasteiger partial charge >= 0.3 is 0 Å².